The summed E-state index contributed by atoms with van der Waals surface area (Å²) >= 11 is 0. The van der Waals surface area contributed by atoms with Crippen LogP contribution in [0, 0.1) is 23.3 Å². The fourth-order valence-electron chi connectivity index (χ4n) is 1.99. The van der Waals surface area contributed by atoms with Crippen molar-refractivity contribution < 1.29 is 22.3 Å². The molecule has 0 amide bonds. The van der Waals surface area contributed by atoms with Gasteiger partial charge in [-0.1, -0.05) is 6.07 Å². The van der Waals surface area contributed by atoms with E-state index in [1.165, 1.54) is 19.2 Å². The van der Waals surface area contributed by atoms with E-state index in [9.17, 15) is 17.6 Å². The zero-order valence-corrected chi connectivity index (χ0v) is 11.0. The SMILES string of the molecule is COc1ccc(C(NN)c2cc(F)c(F)c(F)c2)cc1F. The number of nitrogens with one attached hydrogen (secondary N) is 1. The molecule has 0 aromatic heterocycles. The van der Waals surface area contributed by atoms with E-state index >= 15 is 0 Å². The number of benzene rings is 2. The Balaban J connectivity index is 2.47. The largest absolute Gasteiger partial charge is 0.494 e. The van der Waals surface area contributed by atoms with Crippen molar-refractivity contribution >= 4 is 0 Å². The summed E-state index contributed by atoms with van der Waals surface area (Å²) in [6, 6.07) is 4.63. The molecule has 0 aliphatic carbocycles. The lowest BCUT2D eigenvalue weighted by molar-refractivity contribution is 0.385. The Morgan fingerprint density at radius 3 is 2.00 bits per heavy atom. The van der Waals surface area contributed by atoms with Crippen LogP contribution in [0.2, 0.25) is 0 Å². The number of methoxy groups -OCH3 is 1. The predicted octanol–water partition coefficient (Wildman–Crippen LogP) is 2.80. The van der Waals surface area contributed by atoms with Gasteiger partial charge in [0.05, 0.1) is 13.2 Å². The third-order valence-electron chi connectivity index (χ3n) is 3.02. The number of hydrogen-bond acceptors (Lipinski definition) is 3. The van der Waals surface area contributed by atoms with Gasteiger partial charge >= 0.3 is 0 Å². The van der Waals surface area contributed by atoms with Gasteiger partial charge in [0, 0.05) is 0 Å². The smallest absolute Gasteiger partial charge is 0.194 e. The van der Waals surface area contributed by atoms with Crippen LogP contribution in [0.3, 0.4) is 0 Å². The molecule has 0 saturated heterocycles. The van der Waals surface area contributed by atoms with E-state index in [1.807, 2.05) is 0 Å². The summed E-state index contributed by atoms with van der Waals surface area (Å²) in [7, 11) is 1.31. The van der Waals surface area contributed by atoms with Gasteiger partial charge in [-0.3, -0.25) is 5.84 Å². The highest BCUT2D eigenvalue weighted by molar-refractivity contribution is 5.37. The van der Waals surface area contributed by atoms with Gasteiger partial charge in [0.15, 0.2) is 29.0 Å². The maximum atomic E-state index is 13.7. The fraction of sp³-hybridized carbons (Fsp3) is 0.143. The van der Waals surface area contributed by atoms with Crippen LogP contribution in [0.25, 0.3) is 0 Å². The summed E-state index contributed by atoms with van der Waals surface area (Å²) in [6.45, 7) is 0. The second-order valence-corrected chi connectivity index (χ2v) is 4.29. The summed E-state index contributed by atoms with van der Waals surface area (Å²) in [5.41, 5.74) is 2.64. The molecule has 0 spiro atoms. The number of nitrogens with two attached hydrogens (primary N) is 1. The van der Waals surface area contributed by atoms with Gasteiger partial charge in [-0.25, -0.2) is 23.0 Å². The van der Waals surface area contributed by atoms with Crippen molar-refractivity contribution in [2.75, 3.05) is 7.11 Å². The molecule has 21 heavy (non-hydrogen) atoms. The van der Waals surface area contributed by atoms with Crippen molar-refractivity contribution in [2.24, 2.45) is 5.84 Å². The van der Waals surface area contributed by atoms with Crippen LogP contribution in [-0.4, -0.2) is 7.11 Å². The topological polar surface area (TPSA) is 47.3 Å². The van der Waals surface area contributed by atoms with Gasteiger partial charge in [-0.05, 0) is 35.4 Å². The van der Waals surface area contributed by atoms with Crippen LogP contribution in [0.15, 0.2) is 30.3 Å². The zero-order chi connectivity index (χ0) is 15.6. The van der Waals surface area contributed by atoms with Crippen LogP contribution >= 0.6 is 0 Å². The summed E-state index contributed by atoms with van der Waals surface area (Å²) < 4.78 is 58.0. The minimum Gasteiger partial charge on any atom is -0.494 e. The molecule has 7 heteroatoms. The Labute approximate surface area is 118 Å². The van der Waals surface area contributed by atoms with Crippen molar-refractivity contribution in [3.8, 4) is 5.75 Å². The summed E-state index contributed by atoms with van der Waals surface area (Å²) in [5, 5.41) is 0. The first kappa shape index (κ1) is 15.3. The third-order valence-corrected chi connectivity index (χ3v) is 3.02. The molecule has 0 bridgehead atoms. The zero-order valence-electron chi connectivity index (χ0n) is 11.0. The monoisotopic (exact) mass is 300 g/mol. The van der Waals surface area contributed by atoms with Gasteiger partial charge in [0.1, 0.15) is 0 Å². The minimum absolute atomic E-state index is 0.0194. The fourth-order valence-corrected chi connectivity index (χ4v) is 1.99. The first-order valence-electron chi connectivity index (χ1n) is 5.92. The molecule has 0 saturated carbocycles. The highest BCUT2D eigenvalue weighted by atomic mass is 19.2. The van der Waals surface area contributed by atoms with Crippen LogP contribution in [0.1, 0.15) is 17.2 Å². The third kappa shape index (κ3) is 2.98. The summed E-state index contributed by atoms with van der Waals surface area (Å²) in [6.07, 6.45) is 0. The van der Waals surface area contributed by atoms with Gasteiger partial charge < -0.3 is 4.74 Å². The molecule has 3 N–H and O–H groups in total. The van der Waals surface area contributed by atoms with Crippen LogP contribution in [0.5, 0.6) is 5.75 Å². The molecule has 0 aliphatic rings. The summed E-state index contributed by atoms with van der Waals surface area (Å²) in [4.78, 5) is 0. The Morgan fingerprint density at radius 2 is 1.52 bits per heavy atom. The molecular weight excluding hydrogens is 288 g/mol. The molecule has 2 aromatic carbocycles. The van der Waals surface area contributed by atoms with E-state index < -0.39 is 29.3 Å². The molecule has 0 fully saturated rings. The first-order chi connectivity index (χ1) is 9.97. The maximum Gasteiger partial charge on any atom is 0.194 e. The van der Waals surface area contributed by atoms with Gasteiger partial charge in [-0.15, -0.1) is 0 Å². The molecule has 112 valence electrons. The number of rotatable bonds is 4. The standard InChI is InChI=1S/C14H12F4N2O/c1-21-12-3-2-7(4-9(12)15)14(20-19)8-5-10(16)13(18)11(17)6-8/h2-6,14,20H,19H2,1H3. The highest BCUT2D eigenvalue weighted by Crippen LogP contribution is 2.27. The van der Waals surface area contributed by atoms with E-state index in [4.69, 9.17) is 10.6 Å². The molecule has 2 aromatic rings. The van der Waals surface area contributed by atoms with Crippen molar-refractivity contribution in [2.45, 2.75) is 6.04 Å². The average molecular weight is 300 g/mol. The van der Waals surface area contributed by atoms with E-state index in [2.05, 4.69) is 5.43 Å². The van der Waals surface area contributed by atoms with E-state index in [0.29, 0.717) is 5.56 Å². The lowest BCUT2D eigenvalue weighted by atomic mass is 9.98. The van der Waals surface area contributed by atoms with Crippen molar-refractivity contribution in [1.29, 1.82) is 0 Å². The van der Waals surface area contributed by atoms with Gasteiger partial charge in [0.2, 0.25) is 0 Å². The molecule has 2 rings (SSSR count). The average Bonchev–Trinajstić information content (AvgIpc) is 2.45. The lowest BCUT2D eigenvalue weighted by Crippen LogP contribution is -2.29. The summed E-state index contributed by atoms with van der Waals surface area (Å²) in [5.74, 6) is 0.449. The lowest BCUT2D eigenvalue weighted by Gasteiger charge is -2.18. The minimum atomic E-state index is -1.57. The number of hydrazine groups is 1. The van der Waals surface area contributed by atoms with Gasteiger partial charge in [0.25, 0.3) is 0 Å². The van der Waals surface area contributed by atoms with E-state index in [0.717, 1.165) is 18.2 Å². The van der Waals surface area contributed by atoms with Crippen LogP contribution in [-0.2, 0) is 0 Å². The molecule has 0 aliphatic heterocycles. The van der Waals surface area contributed by atoms with Crippen LogP contribution < -0.4 is 16.0 Å². The second kappa shape index (κ2) is 6.11. The second-order valence-electron chi connectivity index (χ2n) is 4.29. The Bertz CT molecular complexity index is 640. The number of hydrogen-bond donors (Lipinski definition) is 2. The number of ether oxygens (including phenoxy) is 1. The molecule has 1 atom stereocenters. The Hall–Kier alpha value is -2.12. The van der Waals surface area contributed by atoms with Crippen LogP contribution in [0.4, 0.5) is 17.6 Å². The normalized spacial score (nSPS) is 12.3. The molecular formula is C14H12F4N2O. The van der Waals surface area contributed by atoms with Gasteiger partial charge in [-0.2, -0.15) is 0 Å². The Kier molecular flexibility index (Phi) is 4.44. The molecule has 0 radical (unpaired) electrons. The quantitative estimate of drug-likeness (QED) is 0.395. The number of halogens is 4. The molecule has 0 heterocycles. The van der Waals surface area contributed by atoms with Crippen molar-refractivity contribution in [3.05, 3.63) is 64.7 Å². The highest BCUT2D eigenvalue weighted by Gasteiger charge is 2.19. The molecule has 3 nitrogen and oxygen atoms in total. The maximum absolute atomic E-state index is 13.7. The Morgan fingerprint density at radius 1 is 0.952 bits per heavy atom. The first-order valence-corrected chi connectivity index (χ1v) is 5.92. The van der Waals surface area contributed by atoms with Crippen molar-refractivity contribution in [3.63, 3.8) is 0 Å². The molecule has 1 unspecified atom stereocenters. The predicted molar refractivity (Wildman–Crippen MR) is 68.4 cm³/mol. The van der Waals surface area contributed by atoms with E-state index in [1.54, 1.807) is 0 Å². The van der Waals surface area contributed by atoms with E-state index in [-0.39, 0.29) is 11.3 Å². The van der Waals surface area contributed by atoms with Crippen molar-refractivity contribution in [1.82, 2.24) is 5.43 Å².